The molecule has 0 aliphatic heterocycles. The summed E-state index contributed by atoms with van der Waals surface area (Å²) in [4.78, 5) is 27.6. The molecule has 128 valence electrons. The number of amides is 1. The van der Waals surface area contributed by atoms with Crippen LogP contribution in [-0.4, -0.2) is 33.2 Å². The molecule has 0 spiro atoms. The van der Waals surface area contributed by atoms with Gasteiger partial charge in [0.15, 0.2) is 5.69 Å². The maximum absolute atomic E-state index is 11.8. The lowest BCUT2D eigenvalue weighted by Gasteiger charge is -2.03. The van der Waals surface area contributed by atoms with E-state index < -0.39 is 5.97 Å². The van der Waals surface area contributed by atoms with Gasteiger partial charge in [-0.05, 0) is 6.92 Å². The molecule has 0 radical (unpaired) electrons. The van der Waals surface area contributed by atoms with Gasteiger partial charge in [-0.2, -0.15) is 9.78 Å². The Balaban J connectivity index is 2.01. The van der Waals surface area contributed by atoms with E-state index in [0.29, 0.717) is 16.6 Å². The Morgan fingerprint density at radius 3 is 2.72 bits per heavy atom. The fraction of sp³-hybridized carbons (Fsp3) is 0.176. The lowest BCUT2D eigenvalue weighted by molar-refractivity contribution is -0.114. The lowest BCUT2D eigenvalue weighted by Crippen LogP contribution is -2.11. The molecule has 7 nitrogen and oxygen atoms in total. The molecule has 3 aromatic rings. The van der Waals surface area contributed by atoms with Gasteiger partial charge in [-0.3, -0.25) is 4.79 Å². The van der Waals surface area contributed by atoms with Gasteiger partial charge in [-0.15, -0.1) is 11.3 Å². The van der Waals surface area contributed by atoms with Crippen molar-refractivity contribution in [3.05, 3.63) is 47.5 Å². The Morgan fingerprint density at radius 1 is 1.28 bits per heavy atom. The van der Waals surface area contributed by atoms with Crippen LogP contribution in [0.3, 0.4) is 0 Å². The van der Waals surface area contributed by atoms with E-state index in [2.05, 4.69) is 15.4 Å². The average molecular weight is 356 g/mol. The molecule has 0 saturated heterocycles. The Morgan fingerprint density at radius 2 is 2.04 bits per heavy atom. The van der Waals surface area contributed by atoms with Crippen molar-refractivity contribution < 1.29 is 14.3 Å². The van der Waals surface area contributed by atoms with E-state index in [1.54, 1.807) is 18.4 Å². The summed E-state index contributed by atoms with van der Waals surface area (Å²) in [5.74, 6) is -0.222. The zero-order chi connectivity index (χ0) is 17.8. The first-order valence-electron chi connectivity index (χ1n) is 7.64. The lowest BCUT2D eigenvalue weighted by atomic mass is 10.2. The topological polar surface area (TPSA) is 86.1 Å². The first-order valence-corrected chi connectivity index (χ1v) is 8.52. The van der Waals surface area contributed by atoms with Crippen molar-refractivity contribution in [2.24, 2.45) is 0 Å². The van der Waals surface area contributed by atoms with Crippen LogP contribution in [0.2, 0.25) is 0 Å². The van der Waals surface area contributed by atoms with E-state index in [1.807, 2.05) is 30.3 Å². The minimum Gasteiger partial charge on any atom is -0.461 e. The highest BCUT2D eigenvalue weighted by molar-refractivity contribution is 7.12. The molecule has 2 heterocycles. The summed E-state index contributed by atoms with van der Waals surface area (Å²) in [5, 5.41) is 9.33. The summed E-state index contributed by atoms with van der Waals surface area (Å²) in [6.07, 6.45) is 0. The number of hydrogen-bond acceptors (Lipinski definition) is 6. The number of thiazole rings is 1. The van der Waals surface area contributed by atoms with E-state index in [0.717, 1.165) is 5.56 Å². The van der Waals surface area contributed by atoms with Crippen molar-refractivity contribution in [3.63, 3.8) is 0 Å². The Bertz CT molecular complexity index is 902. The van der Waals surface area contributed by atoms with Crippen molar-refractivity contribution in [2.75, 3.05) is 11.9 Å². The smallest absolute Gasteiger partial charge is 0.357 e. The normalized spacial score (nSPS) is 10.5. The number of aromatic nitrogens is 3. The zero-order valence-corrected chi connectivity index (χ0v) is 14.5. The van der Waals surface area contributed by atoms with Crippen LogP contribution in [0.15, 0.2) is 41.8 Å². The molecule has 25 heavy (non-hydrogen) atoms. The number of nitrogens with one attached hydrogen (secondary N) is 1. The number of carbonyl (C=O) groups excluding carboxylic acids is 2. The number of ether oxygens (including phenoxy) is 1. The maximum Gasteiger partial charge on any atom is 0.357 e. The van der Waals surface area contributed by atoms with Gasteiger partial charge < -0.3 is 10.1 Å². The number of benzene rings is 1. The van der Waals surface area contributed by atoms with Crippen LogP contribution in [0.4, 0.5) is 5.82 Å². The molecule has 0 bridgehead atoms. The predicted molar refractivity (Wildman–Crippen MR) is 94.9 cm³/mol. The molecule has 0 unspecified atom stereocenters. The average Bonchev–Trinajstić information content (AvgIpc) is 3.22. The van der Waals surface area contributed by atoms with Crippen molar-refractivity contribution >= 4 is 29.0 Å². The van der Waals surface area contributed by atoms with Gasteiger partial charge in [0.05, 0.1) is 12.3 Å². The first kappa shape index (κ1) is 16.8. The molecule has 0 aliphatic carbocycles. The molecule has 1 amide bonds. The molecular formula is C17H16N4O3S. The molecule has 0 atom stereocenters. The molecule has 1 aromatic carbocycles. The summed E-state index contributed by atoms with van der Waals surface area (Å²) < 4.78 is 6.46. The monoisotopic (exact) mass is 356 g/mol. The van der Waals surface area contributed by atoms with Crippen LogP contribution in [0, 0.1) is 0 Å². The summed E-state index contributed by atoms with van der Waals surface area (Å²) in [6, 6.07) is 11.4. The molecule has 1 N–H and O–H groups in total. The molecule has 0 saturated carbocycles. The van der Waals surface area contributed by atoms with Gasteiger partial charge in [0.2, 0.25) is 11.0 Å². The number of anilines is 1. The van der Waals surface area contributed by atoms with Gasteiger partial charge in [0.25, 0.3) is 0 Å². The fourth-order valence-electron chi connectivity index (χ4n) is 2.21. The highest BCUT2D eigenvalue weighted by Gasteiger charge is 2.17. The van der Waals surface area contributed by atoms with E-state index in [-0.39, 0.29) is 18.2 Å². The summed E-state index contributed by atoms with van der Waals surface area (Å²) in [5.41, 5.74) is 1.82. The maximum atomic E-state index is 11.8. The molecule has 8 heteroatoms. The number of carbonyl (C=O) groups is 2. The van der Waals surface area contributed by atoms with Crippen LogP contribution >= 0.6 is 11.3 Å². The standard InChI is InChI=1S/C17H16N4O3S/c1-3-24-16(23)14-10-25-17(19-14)21-15(18-11(2)22)9-13(20-21)12-7-5-4-6-8-12/h4-10H,3H2,1-2H3,(H,18,22). The van der Waals surface area contributed by atoms with Crippen LogP contribution in [0.1, 0.15) is 24.3 Å². The number of esters is 1. The number of nitrogens with zero attached hydrogens (tertiary/aromatic N) is 3. The van der Waals surface area contributed by atoms with E-state index >= 15 is 0 Å². The summed E-state index contributed by atoms with van der Waals surface area (Å²) in [7, 11) is 0. The van der Waals surface area contributed by atoms with Crippen LogP contribution < -0.4 is 5.32 Å². The van der Waals surface area contributed by atoms with Crippen molar-refractivity contribution in [2.45, 2.75) is 13.8 Å². The second-order valence-corrected chi connectivity index (χ2v) is 5.95. The van der Waals surface area contributed by atoms with Gasteiger partial charge in [-0.25, -0.2) is 9.78 Å². The second-order valence-electron chi connectivity index (χ2n) is 5.11. The fourth-order valence-corrected chi connectivity index (χ4v) is 2.96. The number of hydrogen-bond donors (Lipinski definition) is 1. The molecule has 0 aliphatic rings. The predicted octanol–water partition coefficient (Wildman–Crippen LogP) is 3.13. The van der Waals surface area contributed by atoms with Gasteiger partial charge >= 0.3 is 5.97 Å². The minimum atomic E-state index is -0.485. The summed E-state index contributed by atoms with van der Waals surface area (Å²) in [6.45, 7) is 3.44. The third-order valence-electron chi connectivity index (χ3n) is 3.24. The van der Waals surface area contributed by atoms with Gasteiger partial charge in [-0.1, -0.05) is 30.3 Å². The Hall–Kier alpha value is -3.00. The molecule has 3 rings (SSSR count). The molecule has 2 aromatic heterocycles. The van der Waals surface area contributed by atoms with E-state index in [9.17, 15) is 9.59 Å². The Kier molecular flexibility index (Phi) is 4.90. The minimum absolute atomic E-state index is 0.215. The van der Waals surface area contributed by atoms with Crippen molar-refractivity contribution in [1.29, 1.82) is 0 Å². The van der Waals surface area contributed by atoms with Crippen LogP contribution in [-0.2, 0) is 9.53 Å². The third kappa shape index (κ3) is 3.74. The zero-order valence-electron chi connectivity index (χ0n) is 13.7. The molecule has 0 fully saturated rings. The first-order chi connectivity index (χ1) is 12.1. The van der Waals surface area contributed by atoms with Crippen LogP contribution in [0.25, 0.3) is 16.4 Å². The van der Waals surface area contributed by atoms with Crippen molar-refractivity contribution in [3.8, 4) is 16.4 Å². The van der Waals surface area contributed by atoms with Gasteiger partial charge in [0.1, 0.15) is 5.82 Å². The molecular weight excluding hydrogens is 340 g/mol. The SMILES string of the molecule is CCOC(=O)c1csc(-n2nc(-c3ccccc3)cc2NC(C)=O)n1. The highest BCUT2D eigenvalue weighted by Crippen LogP contribution is 2.26. The third-order valence-corrected chi connectivity index (χ3v) is 4.06. The van der Waals surface area contributed by atoms with Gasteiger partial charge in [0, 0.05) is 23.9 Å². The van der Waals surface area contributed by atoms with E-state index in [1.165, 1.54) is 22.9 Å². The number of rotatable bonds is 5. The Labute approximate surface area is 148 Å². The van der Waals surface area contributed by atoms with Crippen LogP contribution in [0.5, 0.6) is 0 Å². The second kappa shape index (κ2) is 7.27. The highest BCUT2D eigenvalue weighted by atomic mass is 32.1. The summed E-state index contributed by atoms with van der Waals surface area (Å²) >= 11 is 1.24. The largest absolute Gasteiger partial charge is 0.461 e. The van der Waals surface area contributed by atoms with Crippen molar-refractivity contribution in [1.82, 2.24) is 14.8 Å². The van der Waals surface area contributed by atoms with E-state index in [4.69, 9.17) is 4.74 Å². The quantitative estimate of drug-likeness (QED) is 0.710.